The molecule has 7 heteroatoms. The van der Waals surface area contributed by atoms with Gasteiger partial charge in [-0.05, 0) is 54.1 Å². The van der Waals surface area contributed by atoms with Gasteiger partial charge in [-0.15, -0.1) is 0 Å². The molecule has 0 N–H and O–H groups in total. The summed E-state index contributed by atoms with van der Waals surface area (Å²) in [4.78, 5) is 13.8. The molecule has 0 aromatic heterocycles. The lowest BCUT2D eigenvalue weighted by atomic mass is 10.2. The van der Waals surface area contributed by atoms with Gasteiger partial charge in [0.05, 0.1) is 0 Å². The molecular formula is C21H16BrNO4S. The highest BCUT2D eigenvalue weighted by Gasteiger charge is 2.45. The van der Waals surface area contributed by atoms with Crippen molar-refractivity contribution < 1.29 is 17.9 Å². The molecule has 5 nitrogen and oxygen atoms in total. The molecule has 0 unspecified atom stereocenters. The number of rotatable bonds is 4. The second-order valence-corrected chi connectivity index (χ2v) is 9.36. The number of nitrogens with zero attached hydrogens (tertiary/aromatic N) is 1. The van der Waals surface area contributed by atoms with Crippen LogP contribution < -0.4 is 9.64 Å². The highest BCUT2D eigenvalue weighted by atomic mass is 79.9. The number of benzene rings is 3. The number of para-hydroxylation sites is 1. The number of anilines is 1. The van der Waals surface area contributed by atoms with Crippen molar-refractivity contribution >= 4 is 37.4 Å². The predicted molar refractivity (Wildman–Crippen MR) is 111 cm³/mol. The minimum absolute atomic E-state index is 0.433. The molecule has 1 fully saturated rings. The second kappa shape index (κ2) is 7.41. The highest BCUT2D eigenvalue weighted by molar-refractivity contribution is 9.10. The molecule has 0 radical (unpaired) electrons. The van der Waals surface area contributed by atoms with E-state index in [0.717, 1.165) is 4.47 Å². The Kier molecular flexibility index (Phi) is 4.95. The molecule has 0 saturated carbocycles. The quantitative estimate of drug-likeness (QED) is 0.569. The lowest BCUT2D eigenvalue weighted by molar-refractivity contribution is -0.115. The first-order chi connectivity index (χ1) is 13.4. The first-order valence-corrected chi connectivity index (χ1v) is 11.1. The average Bonchev–Trinajstić information content (AvgIpc) is 2.92. The number of carbonyl (C=O) groups is 1. The molecule has 0 aliphatic carbocycles. The van der Waals surface area contributed by atoms with E-state index < -0.39 is 26.9 Å². The van der Waals surface area contributed by atoms with Crippen LogP contribution in [0.1, 0.15) is 10.9 Å². The molecular weight excluding hydrogens is 442 g/mol. The molecule has 3 aromatic carbocycles. The minimum Gasteiger partial charge on any atom is -0.457 e. The van der Waals surface area contributed by atoms with Crippen molar-refractivity contribution in [2.24, 2.45) is 0 Å². The normalized spacial score (nSPS) is 18.2. The van der Waals surface area contributed by atoms with Crippen molar-refractivity contribution in [3.8, 4) is 11.5 Å². The maximum Gasteiger partial charge on any atom is 0.243 e. The van der Waals surface area contributed by atoms with Crippen LogP contribution >= 0.6 is 15.9 Å². The smallest absolute Gasteiger partial charge is 0.243 e. The summed E-state index contributed by atoms with van der Waals surface area (Å²) in [6.07, 6.45) is 0. The monoisotopic (exact) mass is 457 g/mol. The van der Waals surface area contributed by atoms with E-state index in [1.807, 2.05) is 30.3 Å². The lowest BCUT2D eigenvalue weighted by Gasteiger charge is -2.24. The van der Waals surface area contributed by atoms with Crippen LogP contribution in [0.2, 0.25) is 0 Å². The zero-order valence-corrected chi connectivity index (χ0v) is 17.1. The van der Waals surface area contributed by atoms with Crippen molar-refractivity contribution in [2.45, 2.75) is 5.37 Å². The standard InChI is InChI=1S/C21H16BrNO4S/c22-16-8-10-17(11-9-16)23-20(24)14-28(25,26)21(23)15-6-12-19(13-7-15)27-18-4-2-1-3-5-18/h1-13,21H,14H2/t21-/m0/s1. The number of ether oxygens (including phenoxy) is 1. The van der Waals surface area contributed by atoms with Crippen LogP contribution in [0.25, 0.3) is 0 Å². The fourth-order valence-electron chi connectivity index (χ4n) is 3.17. The zero-order valence-electron chi connectivity index (χ0n) is 14.7. The number of hydrogen-bond acceptors (Lipinski definition) is 4. The van der Waals surface area contributed by atoms with Crippen LogP contribution in [0.5, 0.6) is 11.5 Å². The summed E-state index contributed by atoms with van der Waals surface area (Å²) >= 11 is 3.35. The number of hydrogen-bond donors (Lipinski definition) is 0. The third-order valence-electron chi connectivity index (χ3n) is 4.42. The summed E-state index contributed by atoms with van der Waals surface area (Å²) in [5, 5.41) is -1.05. The summed E-state index contributed by atoms with van der Waals surface area (Å²) in [7, 11) is -3.64. The molecule has 0 bridgehead atoms. The van der Waals surface area contributed by atoms with Gasteiger partial charge in [-0.2, -0.15) is 0 Å². The fourth-order valence-corrected chi connectivity index (χ4v) is 5.21. The van der Waals surface area contributed by atoms with Crippen LogP contribution in [0.15, 0.2) is 83.3 Å². The van der Waals surface area contributed by atoms with Gasteiger partial charge >= 0.3 is 0 Å². The van der Waals surface area contributed by atoms with Crippen molar-refractivity contribution in [1.82, 2.24) is 0 Å². The SMILES string of the molecule is O=C1CS(=O)(=O)[C@@H](c2ccc(Oc3ccccc3)cc2)N1c1ccc(Br)cc1. The van der Waals surface area contributed by atoms with Gasteiger partial charge in [0.25, 0.3) is 0 Å². The Bertz CT molecular complexity index is 1100. The van der Waals surface area contributed by atoms with Crippen LogP contribution in [-0.4, -0.2) is 20.1 Å². The van der Waals surface area contributed by atoms with E-state index in [0.29, 0.717) is 22.7 Å². The Labute approximate surface area is 171 Å². The van der Waals surface area contributed by atoms with Crippen molar-refractivity contribution in [1.29, 1.82) is 0 Å². The third kappa shape index (κ3) is 3.68. The predicted octanol–water partition coefficient (Wildman–Crippen LogP) is 4.70. The maximum atomic E-state index is 12.7. The Morgan fingerprint density at radius 2 is 1.46 bits per heavy atom. The van der Waals surface area contributed by atoms with Crippen molar-refractivity contribution in [3.63, 3.8) is 0 Å². The number of sulfone groups is 1. The van der Waals surface area contributed by atoms with Crippen LogP contribution in [-0.2, 0) is 14.6 Å². The van der Waals surface area contributed by atoms with Gasteiger partial charge in [0.15, 0.2) is 15.2 Å². The summed E-state index contributed by atoms with van der Waals surface area (Å²) in [6, 6.07) is 23.1. The van der Waals surface area contributed by atoms with Gasteiger partial charge in [-0.3, -0.25) is 9.69 Å². The number of halogens is 1. The Morgan fingerprint density at radius 3 is 2.11 bits per heavy atom. The Morgan fingerprint density at radius 1 is 0.857 bits per heavy atom. The molecule has 1 aliphatic heterocycles. The van der Waals surface area contributed by atoms with E-state index in [2.05, 4.69) is 15.9 Å². The van der Waals surface area contributed by atoms with Gasteiger partial charge in [0.2, 0.25) is 5.91 Å². The van der Waals surface area contributed by atoms with E-state index in [4.69, 9.17) is 4.74 Å². The largest absolute Gasteiger partial charge is 0.457 e. The van der Waals surface area contributed by atoms with E-state index in [-0.39, 0.29) is 0 Å². The Hall–Kier alpha value is -2.64. The Balaban J connectivity index is 1.66. The summed E-state index contributed by atoms with van der Waals surface area (Å²) < 4.78 is 32.0. The van der Waals surface area contributed by atoms with E-state index in [1.54, 1.807) is 48.5 Å². The number of carbonyl (C=O) groups excluding carboxylic acids is 1. The van der Waals surface area contributed by atoms with Gasteiger partial charge in [0.1, 0.15) is 17.3 Å². The van der Waals surface area contributed by atoms with E-state index in [1.165, 1.54) is 4.90 Å². The zero-order chi connectivity index (χ0) is 19.7. The molecule has 1 atom stereocenters. The molecule has 0 spiro atoms. The summed E-state index contributed by atoms with van der Waals surface area (Å²) in [5.41, 5.74) is 1.07. The lowest BCUT2D eigenvalue weighted by Crippen LogP contribution is -2.29. The van der Waals surface area contributed by atoms with Gasteiger partial charge in [-0.1, -0.05) is 46.3 Å². The van der Waals surface area contributed by atoms with Crippen LogP contribution in [0.4, 0.5) is 5.69 Å². The maximum absolute atomic E-state index is 12.7. The highest BCUT2D eigenvalue weighted by Crippen LogP contribution is 2.38. The summed E-state index contributed by atoms with van der Waals surface area (Å²) in [6.45, 7) is 0. The first kappa shape index (κ1) is 18.7. The summed E-state index contributed by atoms with van der Waals surface area (Å²) in [5.74, 6) is 0.343. The van der Waals surface area contributed by atoms with Gasteiger partial charge < -0.3 is 4.74 Å². The van der Waals surface area contributed by atoms with Gasteiger partial charge in [-0.25, -0.2) is 8.42 Å². The molecule has 1 saturated heterocycles. The topological polar surface area (TPSA) is 63.7 Å². The first-order valence-electron chi connectivity index (χ1n) is 8.56. The number of amides is 1. The average molecular weight is 458 g/mol. The van der Waals surface area contributed by atoms with Crippen molar-refractivity contribution in [2.75, 3.05) is 10.7 Å². The van der Waals surface area contributed by atoms with E-state index >= 15 is 0 Å². The van der Waals surface area contributed by atoms with Crippen molar-refractivity contribution in [3.05, 3.63) is 88.9 Å². The molecule has 1 amide bonds. The molecule has 28 heavy (non-hydrogen) atoms. The molecule has 4 rings (SSSR count). The third-order valence-corrected chi connectivity index (χ3v) is 6.76. The van der Waals surface area contributed by atoms with Gasteiger partial charge in [0, 0.05) is 10.2 Å². The fraction of sp³-hybridized carbons (Fsp3) is 0.0952. The molecule has 1 aliphatic rings. The minimum atomic E-state index is -3.64. The van der Waals surface area contributed by atoms with E-state index in [9.17, 15) is 13.2 Å². The van der Waals surface area contributed by atoms with Crippen LogP contribution in [0.3, 0.4) is 0 Å². The van der Waals surface area contributed by atoms with Crippen LogP contribution in [0, 0.1) is 0 Å². The molecule has 142 valence electrons. The molecule has 1 heterocycles. The second-order valence-electron chi connectivity index (χ2n) is 6.38. The molecule has 3 aromatic rings.